The van der Waals surface area contributed by atoms with Crippen molar-refractivity contribution in [2.24, 2.45) is 5.92 Å². The fourth-order valence-corrected chi connectivity index (χ4v) is 5.59. The lowest BCUT2D eigenvalue weighted by atomic mass is 9.89. The minimum absolute atomic E-state index is 0. The molecule has 4 rings (SSSR count). The van der Waals surface area contributed by atoms with Crippen LogP contribution in [0.1, 0.15) is 69.8 Å². The Morgan fingerprint density at radius 2 is 1.70 bits per heavy atom. The number of hydrogen-bond acceptors (Lipinski definition) is 3. The van der Waals surface area contributed by atoms with Crippen molar-refractivity contribution in [1.29, 1.82) is 0 Å². The van der Waals surface area contributed by atoms with Gasteiger partial charge in [0.2, 0.25) is 11.8 Å². The maximum Gasteiger partial charge on any atom is 0.230 e. The van der Waals surface area contributed by atoms with Gasteiger partial charge in [0.05, 0.1) is 5.92 Å². The van der Waals surface area contributed by atoms with Crippen molar-refractivity contribution in [2.75, 3.05) is 13.1 Å². The molecule has 2 amide bonds. The van der Waals surface area contributed by atoms with Gasteiger partial charge in [-0.3, -0.25) is 9.59 Å². The number of likely N-dealkylation sites (tertiary alicyclic amines) is 1. The van der Waals surface area contributed by atoms with Crippen molar-refractivity contribution in [3.05, 3.63) is 35.9 Å². The summed E-state index contributed by atoms with van der Waals surface area (Å²) in [6.45, 7) is 3.56. The molecule has 0 spiro atoms. The predicted molar refractivity (Wildman–Crippen MR) is 122 cm³/mol. The third-order valence-corrected chi connectivity index (χ3v) is 7.12. The van der Waals surface area contributed by atoms with Crippen molar-refractivity contribution >= 4 is 24.2 Å². The molecule has 3 saturated heterocycles. The number of carbonyl (C=O) groups is 2. The lowest BCUT2D eigenvalue weighted by Gasteiger charge is -2.35. The summed E-state index contributed by atoms with van der Waals surface area (Å²) in [6.07, 6.45) is 8.05. The Balaban J connectivity index is 0.00000256. The molecule has 3 heterocycles. The molecule has 3 unspecified atom stereocenters. The maximum absolute atomic E-state index is 13.0. The van der Waals surface area contributed by atoms with E-state index >= 15 is 0 Å². The molecule has 2 N–H and O–H groups in total. The van der Waals surface area contributed by atoms with Gasteiger partial charge < -0.3 is 15.5 Å². The second-order valence-corrected chi connectivity index (χ2v) is 9.22. The Bertz CT molecular complexity index is 694. The number of piperidine rings is 2. The van der Waals surface area contributed by atoms with Crippen LogP contribution in [0.3, 0.4) is 0 Å². The first-order valence-corrected chi connectivity index (χ1v) is 11.5. The highest BCUT2D eigenvalue weighted by molar-refractivity contribution is 5.85. The van der Waals surface area contributed by atoms with Gasteiger partial charge in [-0.15, -0.1) is 12.4 Å². The number of hydrogen-bond donors (Lipinski definition) is 2. The highest BCUT2D eigenvalue weighted by Gasteiger charge is 2.35. The first-order chi connectivity index (χ1) is 14.1. The average Bonchev–Trinajstić information content (AvgIpc) is 3.08. The molecule has 3 atom stereocenters. The molecule has 3 aliphatic heterocycles. The molecule has 6 heteroatoms. The topological polar surface area (TPSA) is 61.4 Å². The third-order valence-electron chi connectivity index (χ3n) is 7.12. The summed E-state index contributed by atoms with van der Waals surface area (Å²) in [5, 5.41) is 6.90. The molecule has 0 radical (unpaired) electrons. The molecule has 1 aromatic carbocycles. The zero-order valence-electron chi connectivity index (χ0n) is 18.0. The van der Waals surface area contributed by atoms with E-state index in [4.69, 9.17) is 0 Å². The number of nitrogens with zero attached hydrogens (tertiary/aromatic N) is 1. The van der Waals surface area contributed by atoms with Gasteiger partial charge in [0.1, 0.15) is 0 Å². The number of amides is 2. The van der Waals surface area contributed by atoms with E-state index in [9.17, 15) is 9.59 Å². The van der Waals surface area contributed by atoms with E-state index in [0.717, 1.165) is 50.8 Å². The highest BCUT2D eigenvalue weighted by atomic mass is 35.5. The standard InChI is InChI=1S/C24H35N3O2.ClH/c1-2-22(18-6-4-3-5-7-18)24(29)27-12-10-19(11-13-27)26-23(28)16-17-14-20-8-9-21(15-17)25-20;/h3-7,17,19-22,25H,2,8-16H2,1H3,(H,26,28);1H. The first kappa shape index (κ1) is 23.1. The van der Waals surface area contributed by atoms with Gasteiger partial charge in [-0.2, -0.15) is 0 Å². The van der Waals surface area contributed by atoms with E-state index in [2.05, 4.69) is 17.6 Å². The lowest BCUT2D eigenvalue weighted by Crippen LogP contribution is -2.48. The zero-order chi connectivity index (χ0) is 20.2. The van der Waals surface area contributed by atoms with Crippen molar-refractivity contribution in [3.63, 3.8) is 0 Å². The number of nitrogens with one attached hydrogen (secondary N) is 2. The quantitative estimate of drug-likeness (QED) is 0.720. The van der Waals surface area contributed by atoms with Gasteiger partial charge >= 0.3 is 0 Å². The Labute approximate surface area is 186 Å². The van der Waals surface area contributed by atoms with Crippen molar-refractivity contribution < 1.29 is 9.59 Å². The summed E-state index contributed by atoms with van der Waals surface area (Å²) >= 11 is 0. The Hall–Kier alpha value is -1.59. The van der Waals surface area contributed by atoms with Crippen molar-refractivity contribution in [3.8, 4) is 0 Å². The average molecular weight is 434 g/mol. The number of carbonyl (C=O) groups excluding carboxylic acids is 2. The zero-order valence-corrected chi connectivity index (χ0v) is 18.8. The summed E-state index contributed by atoms with van der Waals surface area (Å²) in [5.74, 6) is 0.912. The van der Waals surface area contributed by atoms with Crippen molar-refractivity contribution in [2.45, 2.75) is 82.3 Å². The van der Waals surface area contributed by atoms with Crippen LogP contribution in [-0.2, 0) is 9.59 Å². The van der Waals surface area contributed by atoms with Crippen LogP contribution in [0.15, 0.2) is 30.3 Å². The Kier molecular flexibility index (Phi) is 8.18. The SMILES string of the molecule is CCC(C(=O)N1CCC(NC(=O)CC2CC3CCC(C2)N3)CC1)c1ccccc1.Cl. The molecule has 0 saturated carbocycles. The van der Waals surface area contributed by atoms with E-state index in [1.807, 2.05) is 35.2 Å². The summed E-state index contributed by atoms with van der Waals surface area (Å²) in [6, 6.07) is 11.6. The highest BCUT2D eigenvalue weighted by Crippen LogP contribution is 2.32. The first-order valence-electron chi connectivity index (χ1n) is 11.5. The fraction of sp³-hybridized carbons (Fsp3) is 0.667. The van der Waals surface area contributed by atoms with E-state index in [1.54, 1.807) is 0 Å². The molecule has 0 aromatic heterocycles. The van der Waals surface area contributed by atoms with Gasteiger partial charge in [0.15, 0.2) is 0 Å². The molecule has 3 aliphatic rings. The van der Waals surface area contributed by atoms with E-state index in [1.165, 1.54) is 12.8 Å². The van der Waals surface area contributed by atoms with Crippen LogP contribution in [-0.4, -0.2) is 47.9 Å². The number of rotatable bonds is 6. The molecule has 2 bridgehead atoms. The van der Waals surface area contributed by atoms with Crippen LogP contribution >= 0.6 is 12.4 Å². The predicted octanol–water partition coefficient (Wildman–Crippen LogP) is 3.63. The lowest BCUT2D eigenvalue weighted by molar-refractivity contribution is -0.134. The molecule has 0 aliphatic carbocycles. The van der Waals surface area contributed by atoms with Gasteiger partial charge in [-0.05, 0) is 56.4 Å². The van der Waals surface area contributed by atoms with Crippen LogP contribution in [0.25, 0.3) is 0 Å². The molecule has 166 valence electrons. The van der Waals surface area contributed by atoms with Crippen LogP contribution in [0.4, 0.5) is 0 Å². The second-order valence-electron chi connectivity index (χ2n) is 9.22. The monoisotopic (exact) mass is 433 g/mol. The summed E-state index contributed by atoms with van der Waals surface area (Å²) in [4.78, 5) is 27.6. The van der Waals surface area contributed by atoms with Gasteiger partial charge in [0.25, 0.3) is 0 Å². The molecular formula is C24H36ClN3O2. The number of benzene rings is 1. The molecule has 30 heavy (non-hydrogen) atoms. The number of halogens is 1. The molecule has 1 aromatic rings. The summed E-state index contributed by atoms with van der Waals surface area (Å²) < 4.78 is 0. The Morgan fingerprint density at radius 1 is 1.07 bits per heavy atom. The van der Waals surface area contributed by atoms with Crippen molar-refractivity contribution in [1.82, 2.24) is 15.5 Å². The molecule has 5 nitrogen and oxygen atoms in total. The smallest absolute Gasteiger partial charge is 0.230 e. The second kappa shape index (κ2) is 10.6. The van der Waals surface area contributed by atoms with E-state index in [-0.39, 0.29) is 36.2 Å². The maximum atomic E-state index is 13.0. The molecule has 3 fully saturated rings. The van der Waals surface area contributed by atoms with Gasteiger partial charge in [-0.25, -0.2) is 0 Å². The van der Waals surface area contributed by atoms with Crippen LogP contribution < -0.4 is 10.6 Å². The van der Waals surface area contributed by atoms with Crippen LogP contribution in [0, 0.1) is 5.92 Å². The van der Waals surface area contributed by atoms with Crippen LogP contribution in [0.2, 0.25) is 0 Å². The summed E-state index contributed by atoms with van der Waals surface area (Å²) in [7, 11) is 0. The molecular weight excluding hydrogens is 398 g/mol. The minimum atomic E-state index is -0.0578. The van der Waals surface area contributed by atoms with Gasteiger partial charge in [0, 0.05) is 37.6 Å². The summed E-state index contributed by atoms with van der Waals surface area (Å²) in [5.41, 5.74) is 1.10. The van der Waals surface area contributed by atoms with Crippen LogP contribution in [0.5, 0.6) is 0 Å². The van der Waals surface area contributed by atoms with E-state index in [0.29, 0.717) is 24.4 Å². The fourth-order valence-electron chi connectivity index (χ4n) is 5.59. The Morgan fingerprint density at radius 3 is 2.30 bits per heavy atom. The third kappa shape index (κ3) is 5.55. The largest absolute Gasteiger partial charge is 0.353 e. The number of fused-ring (bicyclic) bond motifs is 2. The normalized spacial score (nSPS) is 27.2. The minimum Gasteiger partial charge on any atom is -0.353 e. The van der Waals surface area contributed by atoms with E-state index < -0.39 is 0 Å². The van der Waals surface area contributed by atoms with Gasteiger partial charge in [-0.1, -0.05) is 37.3 Å².